The van der Waals surface area contributed by atoms with Crippen LogP contribution < -0.4 is 9.80 Å². The number of carbonyl (C=O) groups excluding carboxylic acids is 2. The highest BCUT2D eigenvalue weighted by Crippen LogP contribution is 2.29. The maximum Gasteiger partial charge on any atom is 0.414 e. The summed E-state index contributed by atoms with van der Waals surface area (Å²) in [7, 11) is 0. The molecular weight excluding hydrogens is 392 g/mol. The van der Waals surface area contributed by atoms with Crippen LogP contribution in [0.25, 0.3) is 0 Å². The summed E-state index contributed by atoms with van der Waals surface area (Å²) in [5, 5.41) is 0.474. The molecule has 0 aliphatic carbocycles. The summed E-state index contributed by atoms with van der Waals surface area (Å²) < 4.78 is 5.03. The molecule has 2 aliphatic rings. The number of amides is 2. The second kappa shape index (κ2) is 7.91. The van der Waals surface area contributed by atoms with Crippen LogP contribution in [0, 0.1) is 13.8 Å². The van der Waals surface area contributed by atoms with Crippen molar-refractivity contribution in [3.63, 3.8) is 0 Å². The number of ether oxygens (including phenoxy) is 1. The molecule has 2 fully saturated rings. The number of anilines is 2. The van der Waals surface area contributed by atoms with Crippen molar-refractivity contribution < 1.29 is 14.3 Å². The van der Waals surface area contributed by atoms with Crippen LogP contribution in [0.3, 0.4) is 0 Å². The predicted molar refractivity (Wildman–Crippen MR) is 112 cm³/mol. The molecule has 1 aromatic carbocycles. The van der Waals surface area contributed by atoms with E-state index in [1.54, 1.807) is 18.2 Å². The van der Waals surface area contributed by atoms with Gasteiger partial charge in [0.2, 0.25) is 0 Å². The number of benzene rings is 1. The molecule has 2 aliphatic heterocycles. The van der Waals surface area contributed by atoms with Crippen molar-refractivity contribution in [3.05, 3.63) is 52.2 Å². The minimum atomic E-state index is -0.452. The SMILES string of the molecule is Cc1cnc(N2CCN(C(=O)c3ccc(Cl)cc3N3CCOC3=O)CC2)c(C)c1. The predicted octanol–water partition coefficient (Wildman–Crippen LogP) is 3.27. The van der Waals surface area contributed by atoms with Gasteiger partial charge in [0.05, 0.1) is 17.8 Å². The average molecular weight is 415 g/mol. The van der Waals surface area contributed by atoms with Crippen molar-refractivity contribution in [2.24, 2.45) is 0 Å². The minimum absolute atomic E-state index is 0.107. The van der Waals surface area contributed by atoms with Crippen LogP contribution in [0.5, 0.6) is 0 Å². The van der Waals surface area contributed by atoms with Crippen molar-refractivity contribution in [1.82, 2.24) is 9.88 Å². The lowest BCUT2D eigenvalue weighted by molar-refractivity contribution is 0.0747. The van der Waals surface area contributed by atoms with Gasteiger partial charge in [0, 0.05) is 37.4 Å². The molecule has 3 heterocycles. The number of carbonyl (C=O) groups is 2. The van der Waals surface area contributed by atoms with Gasteiger partial charge in [-0.05, 0) is 43.2 Å². The highest BCUT2D eigenvalue weighted by atomic mass is 35.5. The largest absolute Gasteiger partial charge is 0.447 e. The zero-order valence-electron chi connectivity index (χ0n) is 16.5. The molecule has 2 amide bonds. The van der Waals surface area contributed by atoms with Crippen LogP contribution >= 0.6 is 11.6 Å². The molecule has 7 nitrogen and oxygen atoms in total. The highest BCUT2D eigenvalue weighted by molar-refractivity contribution is 6.31. The van der Waals surface area contributed by atoms with Gasteiger partial charge >= 0.3 is 6.09 Å². The lowest BCUT2D eigenvalue weighted by Crippen LogP contribution is -2.49. The van der Waals surface area contributed by atoms with Gasteiger partial charge in [0.25, 0.3) is 5.91 Å². The standard InChI is InChI=1S/C21H23ClN4O3/c1-14-11-15(2)19(23-13-14)24-5-7-25(8-6-24)20(27)17-4-3-16(22)12-18(17)26-9-10-29-21(26)28/h3-4,11-13H,5-10H2,1-2H3. The van der Waals surface area contributed by atoms with Crippen molar-refractivity contribution in [2.75, 3.05) is 49.1 Å². The molecule has 0 atom stereocenters. The van der Waals surface area contributed by atoms with E-state index in [4.69, 9.17) is 16.3 Å². The maximum absolute atomic E-state index is 13.2. The summed E-state index contributed by atoms with van der Waals surface area (Å²) in [6.07, 6.45) is 1.42. The Morgan fingerprint density at radius 1 is 1.10 bits per heavy atom. The smallest absolute Gasteiger partial charge is 0.414 e. The van der Waals surface area contributed by atoms with Crippen LogP contribution in [-0.2, 0) is 4.74 Å². The summed E-state index contributed by atoms with van der Waals surface area (Å²) in [5.74, 6) is 0.860. The zero-order chi connectivity index (χ0) is 20.5. The van der Waals surface area contributed by atoms with Gasteiger partial charge in [-0.1, -0.05) is 17.7 Å². The number of piperazine rings is 1. The topological polar surface area (TPSA) is 66.0 Å². The Hall–Kier alpha value is -2.80. The second-order valence-electron chi connectivity index (χ2n) is 7.36. The monoisotopic (exact) mass is 414 g/mol. The van der Waals surface area contributed by atoms with Crippen LogP contribution in [-0.4, -0.2) is 61.2 Å². The first-order valence-corrected chi connectivity index (χ1v) is 10.0. The van der Waals surface area contributed by atoms with E-state index in [9.17, 15) is 9.59 Å². The van der Waals surface area contributed by atoms with E-state index in [0.29, 0.717) is 55.6 Å². The van der Waals surface area contributed by atoms with E-state index in [2.05, 4.69) is 22.9 Å². The van der Waals surface area contributed by atoms with Gasteiger partial charge in [-0.2, -0.15) is 0 Å². The second-order valence-corrected chi connectivity index (χ2v) is 7.80. The molecule has 8 heteroatoms. The Labute approximate surface area is 174 Å². The Bertz CT molecular complexity index is 957. The molecule has 0 radical (unpaired) electrons. The lowest BCUT2D eigenvalue weighted by atomic mass is 10.1. The van der Waals surface area contributed by atoms with E-state index in [1.807, 2.05) is 18.0 Å². The molecular formula is C21H23ClN4O3. The van der Waals surface area contributed by atoms with Gasteiger partial charge in [-0.25, -0.2) is 9.78 Å². The molecule has 2 saturated heterocycles. The van der Waals surface area contributed by atoms with E-state index in [-0.39, 0.29) is 5.91 Å². The number of aromatic nitrogens is 1. The van der Waals surface area contributed by atoms with Gasteiger partial charge in [-0.3, -0.25) is 9.69 Å². The molecule has 0 bridgehead atoms. The maximum atomic E-state index is 13.2. The number of pyridine rings is 1. The van der Waals surface area contributed by atoms with Gasteiger partial charge < -0.3 is 14.5 Å². The van der Waals surface area contributed by atoms with Crippen LogP contribution in [0.2, 0.25) is 5.02 Å². The number of halogens is 1. The van der Waals surface area contributed by atoms with Gasteiger partial charge in [-0.15, -0.1) is 0 Å². The molecule has 0 unspecified atom stereocenters. The fraction of sp³-hybridized carbons (Fsp3) is 0.381. The number of hydrogen-bond acceptors (Lipinski definition) is 5. The van der Waals surface area contributed by atoms with Crippen molar-refractivity contribution in [2.45, 2.75) is 13.8 Å². The highest BCUT2D eigenvalue weighted by Gasteiger charge is 2.30. The molecule has 1 aromatic heterocycles. The number of rotatable bonds is 3. The Balaban J connectivity index is 1.51. The first-order chi connectivity index (χ1) is 13.9. The van der Waals surface area contributed by atoms with Crippen LogP contribution in [0.15, 0.2) is 30.5 Å². The third-order valence-electron chi connectivity index (χ3n) is 5.30. The third kappa shape index (κ3) is 3.87. The van der Waals surface area contributed by atoms with Crippen molar-refractivity contribution in [3.8, 4) is 0 Å². The molecule has 29 heavy (non-hydrogen) atoms. The molecule has 0 saturated carbocycles. The molecule has 4 rings (SSSR count). The van der Waals surface area contributed by atoms with Crippen molar-refractivity contribution >= 4 is 35.1 Å². The first-order valence-electron chi connectivity index (χ1n) is 9.65. The zero-order valence-corrected chi connectivity index (χ0v) is 17.3. The van der Waals surface area contributed by atoms with E-state index < -0.39 is 6.09 Å². The summed E-state index contributed by atoms with van der Waals surface area (Å²) in [5.41, 5.74) is 3.24. The third-order valence-corrected chi connectivity index (χ3v) is 5.53. The Kier molecular flexibility index (Phi) is 5.32. The fourth-order valence-electron chi connectivity index (χ4n) is 3.85. The lowest BCUT2D eigenvalue weighted by Gasteiger charge is -2.36. The Morgan fingerprint density at radius 2 is 1.86 bits per heavy atom. The number of aryl methyl sites for hydroxylation is 2. The van der Waals surface area contributed by atoms with E-state index in [1.165, 1.54) is 4.90 Å². The minimum Gasteiger partial charge on any atom is -0.447 e. The fourth-order valence-corrected chi connectivity index (χ4v) is 4.02. The summed E-state index contributed by atoms with van der Waals surface area (Å²) in [4.78, 5) is 35.3. The molecule has 2 aromatic rings. The molecule has 0 N–H and O–H groups in total. The summed E-state index contributed by atoms with van der Waals surface area (Å²) >= 11 is 6.13. The number of nitrogens with zero attached hydrogens (tertiary/aromatic N) is 4. The van der Waals surface area contributed by atoms with Gasteiger partial charge in [0.15, 0.2) is 0 Å². The van der Waals surface area contributed by atoms with Crippen LogP contribution in [0.1, 0.15) is 21.5 Å². The van der Waals surface area contributed by atoms with Gasteiger partial charge in [0.1, 0.15) is 12.4 Å². The number of hydrogen-bond donors (Lipinski definition) is 0. The normalized spacial score (nSPS) is 16.9. The summed E-state index contributed by atoms with van der Waals surface area (Å²) in [6.45, 7) is 7.38. The van der Waals surface area contributed by atoms with Crippen molar-refractivity contribution in [1.29, 1.82) is 0 Å². The quantitative estimate of drug-likeness (QED) is 0.771. The Morgan fingerprint density at radius 3 is 2.52 bits per heavy atom. The average Bonchev–Trinajstić information content (AvgIpc) is 3.13. The van der Waals surface area contributed by atoms with Crippen LogP contribution in [0.4, 0.5) is 16.3 Å². The van der Waals surface area contributed by atoms with E-state index >= 15 is 0 Å². The summed E-state index contributed by atoms with van der Waals surface area (Å²) in [6, 6.07) is 7.13. The first kappa shape index (κ1) is 19.5. The molecule has 0 spiro atoms. The number of cyclic esters (lactones) is 1. The van der Waals surface area contributed by atoms with E-state index in [0.717, 1.165) is 16.9 Å². The molecule has 152 valence electrons.